The van der Waals surface area contributed by atoms with Crippen molar-refractivity contribution in [1.82, 2.24) is 0 Å². The van der Waals surface area contributed by atoms with Crippen molar-refractivity contribution in [3.05, 3.63) is 11.6 Å². The highest BCUT2D eigenvalue weighted by Gasteiger charge is 2.67. The van der Waals surface area contributed by atoms with Gasteiger partial charge in [0.2, 0.25) is 0 Å². The Bertz CT molecular complexity index is 1670. The third kappa shape index (κ3) is 9.12. The zero-order valence-corrected chi connectivity index (χ0v) is 40.0. The maximum Gasteiger partial charge on any atom is 0.187 e. The molecule has 24 atom stereocenters. The van der Waals surface area contributed by atoms with Crippen LogP contribution >= 0.6 is 0 Å². The lowest BCUT2D eigenvalue weighted by Crippen LogP contribution is -2.65. The van der Waals surface area contributed by atoms with Gasteiger partial charge in [-0.15, -0.1) is 0 Å². The zero-order chi connectivity index (χ0) is 48.6. The van der Waals surface area contributed by atoms with Crippen LogP contribution in [0.4, 0.5) is 0 Å². The molecule has 0 bridgehead atoms. The average molecular weight is 947 g/mol. The van der Waals surface area contributed by atoms with Gasteiger partial charge in [-0.2, -0.15) is 0 Å². The fraction of sp³-hybridized carbons (Fsp3) is 0.958. The molecule has 0 amide bonds. The van der Waals surface area contributed by atoms with Crippen LogP contribution in [0.25, 0.3) is 0 Å². The predicted molar refractivity (Wildman–Crippen MR) is 234 cm³/mol. The molecule has 7 rings (SSSR count). The smallest absolute Gasteiger partial charge is 0.187 e. The van der Waals surface area contributed by atoms with Crippen molar-refractivity contribution >= 4 is 0 Å². The first-order valence-electron chi connectivity index (χ1n) is 24.4. The van der Waals surface area contributed by atoms with Crippen LogP contribution in [0, 0.1) is 45.3 Å². The number of aliphatic hydroxyl groups is 12. The molecule has 382 valence electrons. The Morgan fingerprint density at radius 2 is 1.24 bits per heavy atom. The molecule has 0 radical (unpaired) electrons. The first kappa shape index (κ1) is 52.8. The molecule has 7 aliphatic rings. The van der Waals surface area contributed by atoms with Crippen molar-refractivity contribution in [2.75, 3.05) is 19.8 Å². The van der Waals surface area contributed by atoms with E-state index in [-0.39, 0.29) is 33.7 Å². The Balaban J connectivity index is 1.09. The molecule has 0 aromatic rings. The Hall–Kier alpha value is -0.980. The molecular weight excluding hydrogens is 865 g/mol. The van der Waals surface area contributed by atoms with Gasteiger partial charge in [0.15, 0.2) is 18.9 Å². The summed E-state index contributed by atoms with van der Waals surface area (Å²) >= 11 is 0. The summed E-state index contributed by atoms with van der Waals surface area (Å²) in [6.07, 6.45) is -15.6. The first-order valence-corrected chi connectivity index (χ1v) is 24.4. The summed E-state index contributed by atoms with van der Waals surface area (Å²) in [5.41, 5.74) is -0.0410. The molecule has 66 heavy (non-hydrogen) atoms. The molecule has 12 N–H and O–H groups in total. The van der Waals surface area contributed by atoms with Crippen molar-refractivity contribution in [3.8, 4) is 0 Å². The molecule has 3 saturated heterocycles. The van der Waals surface area contributed by atoms with E-state index in [4.69, 9.17) is 28.4 Å². The highest BCUT2D eigenvalue weighted by Crippen LogP contribution is 2.75. The van der Waals surface area contributed by atoms with Crippen LogP contribution < -0.4 is 0 Å². The summed E-state index contributed by atoms with van der Waals surface area (Å²) in [5.74, 6) is 1.52. The topological polar surface area (TPSA) is 298 Å². The molecule has 0 spiro atoms. The van der Waals surface area contributed by atoms with Crippen LogP contribution in [0.1, 0.15) is 113 Å². The minimum Gasteiger partial charge on any atom is -0.394 e. The van der Waals surface area contributed by atoms with E-state index >= 15 is 0 Å². The molecular formula is C48H82O18. The number of hydrogen-bond acceptors (Lipinski definition) is 18. The van der Waals surface area contributed by atoms with Gasteiger partial charge in [0.1, 0.15) is 73.2 Å². The van der Waals surface area contributed by atoms with Crippen LogP contribution in [-0.2, 0) is 28.4 Å². The monoisotopic (exact) mass is 947 g/mol. The van der Waals surface area contributed by atoms with E-state index in [0.29, 0.717) is 30.6 Å². The van der Waals surface area contributed by atoms with E-state index in [1.807, 2.05) is 0 Å². The van der Waals surface area contributed by atoms with Crippen molar-refractivity contribution in [2.24, 2.45) is 45.3 Å². The predicted octanol–water partition coefficient (Wildman–Crippen LogP) is -0.0268. The fourth-order valence-corrected chi connectivity index (χ4v) is 14.0. The minimum absolute atomic E-state index is 0.0436. The van der Waals surface area contributed by atoms with Crippen LogP contribution in [0.2, 0.25) is 0 Å². The number of rotatable bonds is 14. The largest absolute Gasteiger partial charge is 0.394 e. The van der Waals surface area contributed by atoms with Gasteiger partial charge < -0.3 is 89.7 Å². The van der Waals surface area contributed by atoms with Gasteiger partial charge in [-0.25, -0.2) is 0 Å². The van der Waals surface area contributed by atoms with Gasteiger partial charge in [-0.05, 0) is 112 Å². The molecule has 3 aliphatic heterocycles. The van der Waals surface area contributed by atoms with Crippen molar-refractivity contribution < 1.29 is 89.7 Å². The summed E-state index contributed by atoms with van der Waals surface area (Å²) in [7, 11) is 0. The Kier molecular flexibility index (Phi) is 15.7. The molecule has 3 heterocycles. The van der Waals surface area contributed by atoms with Gasteiger partial charge in [0.25, 0.3) is 0 Å². The van der Waals surface area contributed by atoms with E-state index in [2.05, 4.69) is 47.6 Å². The average Bonchev–Trinajstić information content (AvgIpc) is 3.54. The number of hydrogen-bond donors (Lipinski definition) is 12. The molecule has 6 fully saturated rings. The van der Waals surface area contributed by atoms with E-state index in [9.17, 15) is 61.3 Å². The number of allylic oxidation sites excluding steroid dienone is 1. The third-order valence-electron chi connectivity index (χ3n) is 18.6. The van der Waals surface area contributed by atoms with Gasteiger partial charge in [-0.1, -0.05) is 53.2 Å². The zero-order valence-electron chi connectivity index (χ0n) is 40.0. The molecule has 18 heteroatoms. The van der Waals surface area contributed by atoms with Crippen LogP contribution in [-0.4, -0.2) is 191 Å². The molecule has 0 aromatic carbocycles. The summed E-state index contributed by atoms with van der Waals surface area (Å²) in [6, 6.07) is 0. The summed E-state index contributed by atoms with van der Waals surface area (Å²) in [4.78, 5) is 0. The third-order valence-corrected chi connectivity index (χ3v) is 18.6. The van der Waals surface area contributed by atoms with Crippen molar-refractivity contribution in [3.63, 3.8) is 0 Å². The lowest BCUT2D eigenvalue weighted by atomic mass is 9.39. The first-order chi connectivity index (χ1) is 30.8. The lowest BCUT2D eigenvalue weighted by molar-refractivity contribution is -0.380. The number of ether oxygens (including phenoxy) is 6. The maximum absolute atomic E-state index is 11.7. The van der Waals surface area contributed by atoms with Crippen LogP contribution in [0.5, 0.6) is 0 Å². The van der Waals surface area contributed by atoms with E-state index in [1.54, 1.807) is 13.8 Å². The summed E-state index contributed by atoms with van der Waals surface area (Å²) < 4.78 is 35.5. The van der Waals surface area contributed by atoms with Gasteiger partial charge in [-0.3, -0.25) is 0 Å². The van der Waals surface area contributed by atoms with Crippen LogP contribution in [0.15, 0.2) is 11.6 Å². The van der Waals surface area contributed by atoms with Gasteiger partial charge >= 0.3 is 0 Å². The minimum atomic E-state index is -1.88. The van der Waals surface area contributed by atoms with Gasteiger partial charge in [0, 0.05) is 5.41 Å². The second kappa shape index (κ2) is 19.6. The van der Waals surface area contributed by atoms with E-state index in [1.165, 1.54) is 5.57 Å². The lowest BCUT2D eigenvalue weighted by Gasteiger charge is -2.66. The second-order valence-electron chi connectivity index (χ2n) is 23.0. The molecule has 0 aromatic heterocycles. The molecule has 18 nitrogen and oxygen atoms in total. The SMILES string of the molecule is CC(CCC(O[C@@H]1O[C@H](CO[C@@H]2O[C@H](CO)[C@@H](O)[C@H](O)[C@H]2O)[C@@H](O)[C@H](O)[C@H]1O[C@@H]1O[C@H](CO)[C@@H](O)[C@H](O)[C@H]1O)C(C)(C)O)[C@H]1CC[C@@]2(C)C3CC=C4[C@@H](CC[C@H](O)C4(C)C)[C@]3(C)CC[C@]12C. The second-order valence-corrected chi connectivity index (χ2v) is 23.0. The number of fused-ring (bicyclic) bond motifs is 5. The van der Waals surface area contributed by atoms with E-state index < -0.39 is 124 Å². The highest BCUT2D eigenvalue weighted by atomic mass is 16.8. The normalized spacial score (nSPS) is 50.4. The maximum atomic E-state index is 11.7. The molecule has 4 aliphatic carbocycles. The van der Waals surface area contributed by atoms with Crippen molar-refractivity contribution in [1.29, 1.82) is 0 Å². The Morgan fingerprint density at radius 1 is 0.667 bits per heavy atom. The summed E-state index contributed by atoms with van der Waals surface area (Å²) in [5, 5.41) is 128. The Morgan fingerprint density at radius 3 is 1.85 bits per heavy atom. The molecule has 3 saturated carbocycles. The van der Waals surface area contributed by atoms with E-state index in [0.717, 1.165) is 44.9 Å². The highest BCUT2D eigenvalue weighted by molar-refractivity contribution is 5.30. The summed E-state index contributed by atoms with van der Waals surface area (Å²) in [6.45, 7) is 15.3. The fourth-order valence-electron chi connectivity index (χ4n) is 14.0. The molecule has 3 unspecified atom stereocenters. The Labute approximate surface area is 388 Å². The van der Waals surface area contributed by atoms with Gasteiger partial charge in [0.05, 0.1) is 37.6 Å². The quantitative estimate of drug-likeness (QED) is 0.102. The van der Waals surface area contributed by atoms with Crippen LogP contribution in [0.3, 0.4) is 0 Å². The number of aliphatic hydroxyl groups excluding tert-OH is 11. The standard InChI is InChI=1S/C48H82O18/c1-22(23-15-16-48(8)29-12-10-24-25(11-13-30(51)44(24,2)3)46(29,6)17-18-47(23,48)7)9-14-31(45(4,5)60)65-43-40(66-42-39(59)36(56)33(53)27(20-50)63-42)37(57)34(54)28(64-43)21-61-41-38(58)35(55)32(52)26(19-49)62-41/h10,22-23,25-43,49-60H,9,11-21H2,1-8H3/t22?,23-,25-,26-,27-,28-,29?,30+,31?,32-,33-,34-,35+,36+,37+,38-,39-,40-,41-,42+,43+,46+,47-,48+/m1/s1. The van der Waals surface area contributed by atoms with Crippen molar-refractivity contribution in [2.45, 2.75) is 223 Å².